The Labute approximate surface area is 111 Å². The molecule has 0 amide bonds. The van der Waals surface area contributed by atoms with Gasteiger partial charge in [-0.15, -0.1) is 0 Å². The van der Waals surface area contributed by atoms with E-state index in [-0.39, 0.29) is 4.90 Å². The van der Waals surface area contributed by atoms with Crippen molar-refractivity contribution in [2.75, 3.05) is 5.73 Å². The van der Waals surface area contributed by atoms with Gasteiger partial charge in [0.2, 0.25) is 0 Å². The molecular formula is C14H12N2O2S. The summed E-state index contributed by atoms with van der Waals surface area (Å²) in [6.45, 7) is 0. The van der Waals surface area contributed by atoms with Crippen LogP contribution >= 0.6 is 0 Å². The van der Waals surface area contributed by atoms with Crippen LogP contribution in [-0.2, 0) is 10.0 Å². The summed E-state index contributed by atoms with van der Waals surface area (Å²) in [6.07, 6.45) is 1.53. The van der Waals surface area contributed by atoms with Gasteiger partial charge in [0.15, 0.2) is 0 Å². The normalized spacial score (nSPS) is 11.8. The fraction of sp³-hybridized carbons (Fsp3) is 0. The molecule has 5 heteroatoms. The summed E-state index contributed by atoms with van der Waals surface area (Å²) in [7, 11) is -3.58. The zero-order chi connectivity index (χ0) is 13.5. The van der Waals surface area contributed by atoms with Gasteiger partial charge in [-0.25, -0.2) is 12.4 Å². The Morgan fingerprint density at radius 3 is 2.37 bits per heavy atom. The minimum Gasteiger partial charge on any atom is -0.398 e. The maximum absolute atomic E-state index is 12.5. The predicted octanol–water partition coefficient (Wildman–Crippen LogP) is 2.46. The SMILES string of the molecule is Nc1cccc2c1ccn2S(=O)(=O)c1ccccc1. The predicted molar refractivity (Wildman–Crippen MR) is 75.4 cm³/mol. The van der Waals surface area contributed by atoms with Crippen molar-refractivity contribution in [3.05, 3.63) is 60.8 Å². The van der Waals surface area contributed by atoms with Gasteiger partial charge in [-0.05, 0) is 30.3 Å². The van der Waals surface area contributed by atoms with Gasteiger partial charge in [0, 0.05) is 17.3 Å². The summed E-state index contributed by atoms with van der Waals surface area (Å²) in [5.74, 6) is 0. The molecule has 4 nitrogen and oxygen atoms in total. The first-order chi connectivity index (χ1) is 9.10. The lowest BCUT2D eigenvalue weighted by Crippen LogP contribution is -2.11. The molecule has 1 heterocycles. The number of benzene rings is 2. The average molecular weight is 272 g/mol. The third kappa shape index (κ3) is 1.79. The van der Waals surface area contributed by atoms with Crippen LogP contribution in [0.3, 0.4) is 0 Å². The van der Waals surface area contributed by atoms with Crippen LogP contribution in [0.5, 0.6) is 0 Å². The number of hydrogen-bond donors (Lipinski definition) is 1. The number of anilines is 1. The van der Waals surface area contributed by atoms with E-state index in [1.807, 2.05) is 0 Å². The molecule has 0 radical (unpaired) electrons. The fourth-order valence-electron chi connectivity index (χ4n) is 2.08. The second kappa shape index (κ2) is 4.13. The molecule has 2 aromatic carbocycles. The maximum atomic E-state index is 12.5. The van der Waals surface area contributed by atoms with E-state index in [0.29, 0.717) is 11.2 Å². The van der Waals surface area contributed by atoms with Crippen molar-refractivity contribution in [2.45, 2.75) is 4.90 Å². The molecule has 96 valence electrons. The highest BCUT2D eigenvalue weighted by atomic mass is 32.2. The van der Waals surface area contributed by atoms with E-state index in [4.69, 9.17) is 5.73 Å². The van der Waals surface area contributed by atoms with Crippen LogP contribution in [-0.4, -0.2) is 12.4 Å². The summed E-state index contributed by atoms with van der Waals surface area (Å²) >= 11 is 0. The van der Waals surface area contributed by atoms with Crippen molar-refractivity contribution < 1.29 is 8.42 Å². The van der Waals surface area contributed by atoms with E-state index in [2.05, 4.69) is 0 Å². The fourth-order valence-corrected chi connectivity index (χ4v) is 3.45. The number of nitrogens with zero attached hydrogens (tertiary/aromatic N) is 1. The first-order valence-electron chi connectivity index (χ1n) is 5.77. The second-order valence-corrected chi connectivity index (χ2v) is 6.02. The average Bonchev–Trinajstić information content (AvgIpc) is 2.86. The minimum atomic E-state index is -3.58. The third-order valence-electron chi connectivity index (χ3n) is 3.03. The Kier molecular flexibility index (Phi) is 2.57. The molecule has 3 aromatic rings. The van der Waals surface area contributed by atoms with Crippen molar-refractivity contribution in [3.63, 3.8) is 0 Å². The Morgan fingerprint density at radius 2 is 1.63 bits per heavy atom. The Bertz CT molecular complexity index is 836. The molecule has 19 heavy (non-hydrogen) atoms. The molecule has 0 fully saturated rings. The van der Waals surface area contributed by atoms with E-state index in [1.54, 1.807) is 54.6 Å². The molecule has 3 rings (SSSR count). The van der Waals surface area contributed by atoms with Crippen LogP contribution in [0.1, 0.15) is 0 Å². The summed E-state index contributed by atoms with van der Waals surface area (Å²) in [6, 6.07) is 15.3. The molecule has 0 aliphatic carbocycles. The molecule has 0 bridgehead atoms. The zero-order valence-electron chi connectivity index (χ0n) is 10.0. The van der Waals surface area contributed by atoms with Crippen molar-refractivity contribution in [1.29, 1.82) is 0 Å². The number of nitrogen functional groups attached to an aromatic ring is 1. The minimum absolute atomic E-state index is 0.259. The molecule has 0 atom stereocenters. The third-order valence-corrected chi connectivity index (χ3v) is 4.74. The monoisotopic (exact) mass is 272 g/mol. The molecule has 0 aliphatic rings. The van der Waals surface area contributed by atoms with Gasteiger partial charge < -0.3 is 5.73 Å². The number of hydrogen-bond acceptors (Lipinski definition) is 3. The van der Waals surface area contributed by atoms with E-state index in [1.165, 1.54) is 10.2 Å². The summed E-state index contributed by atoms with van der Waals surface area (Å²) < 4.78 is 26.3. The Hall–Kier alpha value is -2.27. The summed E-state index contributed by atoms with van der Waals surface area (Å²) in [5.41, 5.74) is 7.00. The number of nitrogens with two attached hydrogens (primary N) is 1. The van der Waals surface area contributed by atoms with Crippen molar-refractivity contribution in [2.24, 2.45) is 0 Å². The van der Waals surface area contributed by atoms with Gasteiger partial charge >= 0.3 is 0 Å². The highest BCUT2D eigenvalue weighted by Gasteiger charge is 2.18. The lowest BCUT2D eigenvalue weighted by Gasteiger charge is -2.07. The maximum Gasteiger partial charge on any atom is 0.268 e. The van der Waals surface area contributed by atoms with Gasteiger partial charge in [0.05, 0.1) is 10.4 Å². The van der Waals surface area contributed by atoms with Crippen molar-refractivity contribution in [1.82, 2.24) is 3.97 Å². The summed E-state index contributed by atoms with van der Waals surface area (Å²) in [5, 5.41) is 0.738. The highest BCUT2D eigenvalue weighted by Crippen LogP contribution is 2.25. The molecule has 0 spiro atoms. The molecule has 2 N–H and O–H groups in total. The smallest absolute Gasteiger partial charge is 0.268 e. The molecular weight excluding hydrogens is 260 g/mol. The van der Waals surface area contributed by atoms with E-state index in [0.717, 1.165) is 5.39 Å². The largest absolute Gasteiger partial charge is 0.398 e. The Morgan fingerprint density at radius 1 is 0.895 bits per heavy atom. The van der Waals surface area contributed by atoms with Gasteiger partial charge in [0.25, 0.3) is 10.0 Å². The second-order valence-electron chi connectivity index (χ2n) is 4.21. The number of fused-ring (bicyclic) bond motifs is 1. The molecule has 0 saturated heterocycles. The van der Waals surface area contributed by atoms with Gasteiger partial charge in [0.1, 0.15) is 0 Å². The van der Waals surface area contributed by atoms with Gasteiger partial charge in [-0.3, -0.25) is 0 Å². The van der Waals surface area contributed by atoms with Crippen LogP contribution in [0.4, 0.5) is 5.69 Å². The summed E-state index contributed by atoms with van der Waals surface area (Å²) in [4.78, 5) is 0.259. The molecule has 1 aromatic heterocycles. The van der Waals surface area contributed by atoms with E-state index in [9.17, 15) is 8.42 Å². The van der Waals surface area contributed by atoms with E-state index < -0.39 is 10.0 Å². The molecule has 0 unspecified atom stereocenters. The van der Waals surface area contributed by atoms with Crippen LogP contribution in [0.2, 0.25) is 0 Å². The van der Waals surface area contributed by atoms with Gasteiger partial charge in [-0.1, -0.05) is 24.3 Å². The van der Waals surface area contributed by atoms with Crippen molar-refractivity contribution >= 4 is 26.6 Å². The number of aromatic nitrogens is 1. The van der Waals surface area contributed by atoms with E-state index >= 15 is 0 Å². The first-order valence-corrected chi connectivity index (χ1v) is 7.21. The lowest BCUT2D eigenvalue weighted by molar-refractivity contribution is 0.589. The van der Waals surface area contributed by atoms with Crippen molar-refractivity contribution in [3.8, 4) is 0 Å². The molecule has 0 saturated carbocycles. The highest BCUT2D eigenvalue weighted by molar-refractivity contribution is 7.90. The Balaban J connectivity index is 2.29. The van der Waals surface area contributed by atoms with Crippen LogP contribution < -0.4 is 5.73 Å². The standard InChI is InChI=1S/C14H12N2O2S/c15-13-7-4-8-14-12(13)9-10-16(14)19(17,18)11-5-2-1-3-6-11/h1-10H,15H2. The van der Waals surface area contributed by atoms with Crippen LogP contribution in [0, 0.1) is 0 Å². The van der Waals surface area contributed by atoms with Crippen LogP contribution in [0.25, 0.3) is 10.9 Å². The van der Waals surface area contributed by atoms with Gasteiger partial charge in [-0.2, -0.15) is 0 Å². The van der Waals surface area contributed by atoms with Crippen LogP contribution in [0.15, 0.2) is 65.7 Å². The molecule has 0 aliphatic heterocycles. The topological polar surface area (TPSA) is 65.1 Å². The number of rotatable bonds is 2. The zero-order valence-corrected chi connectivity index (χ0v) is 10.8. The first kappa shape index (κ1) is 11.8. The quantitative estimate of drug-likeness (QED) is 0.729. The lowest BCUT2D eigenvalue weighted by atomic mass is 10.2.